The number of hydrogen-bond acceptors (Lipinski definition) is 5. The first-order valence-electron chi connectivity index (χ1n) is 8.81. The zero-order chi connectivity index (χ0) is 18.8. The van der Waals surface area contributed by atoms with E-state index in [1.807, 2.05) is 47.2 Å². The van der Waals surface area contributed by atoms with Gasteiger partial charge in [-0.2, -0.15) is 0 Å². The maximum Gasteiger partial charge on any atom is 0.257 e. The highest BCUT2D eigenvalue weighted by molar-refractivity contribution is 8.15. The van der Waals surface area contributed by atoms with Crippen LogP contribution >= 0.6 is 11.8 Å². The third kappa shape index (κ3) is 2.68. The molecule has 0 bridgehead atoms. The minimum Gasteiger partial charge on any atom is -0.348 e. The summed E-state index contributed by atoms with van der Waals surface area (Å²) >= 11 is 1.31. The van der Waals surface area contributed by atoms with E-state index in [1.54, 1.807) is 0 Å². The van der Waals surface area contributed by atoms with Gasteiger partial charge in [0.1, 0.15) is 0 Å². The van der Waals surface area contributed by atoms with Crippen molar-refractivity contribution in [3.05, 3.63) is 47.8 Å². The standard InChI is InChI=1S/C18H18N4O3S2/c1-12-14-3-2-6-20(14)7-8-21(12)17(23)13-4-5-15-16(11-13)26-18-19-27(24,25)10-9-22(15)18/h2-6,11-12H,7-10H2,1H3. The van der Waals surface area contributed by atoms with Crippen molar-refractivity contribution >= 4 is 38.5 Å². The molecule has 0 spiro atoms. The predicted octanol–water partition coefficient (Wildman–Crippen LogP) is 2.32. The summed E-state index contributed by atoms with van der Waals surface area (Å²) in [6.45, 7) is 3.91. The normalized spacial score (nSPS) is 22.7. The van der Waals surface area contributed by atoms with Crippen LogP contribution in [0.25, 0.3) is 0 Å². The van der Waals surface area contributed by atoms with Crippen LogP contribution < -0.4 is 4.90 Å². The van der Waals surface area contributed by atoms with Crippen LogP contribution in [-0.2, 0) is 16.6 Å². The quantitative estimate of drug-likeness (QED) is 0.732. The molecule has 9 heteroatoms. The molecule has 3 aliphatic rings. The lowest BCUT2D eigenvalue weighted by atomic mass is 10.1. The fourth-order valence-corrected chi connectivity index (χ4v) is 6.18. The van der Waals surface area contributed by atoms with Gasteiger partial charge in [0.2, 0.25) is 0 Å². The number of thioether (sulfide) groups is 1. The summed E-state index contributed by atoms with van der Waals surface area (Å²) in [5, 5.41) is 0.477. The minimum absolute atomic E-state index is 0.00205. The summed E-state index contributed by atoms with van der Waals surface area (Å²) in [6, 6.07) is 9.66. The van der Waals surface area contributed by atoms with Gasteiger partial charge in [0, 0.05) is 42.0 Å². The van der Waals surface area contributed by atoms with Crippen LogP contribution in [0.5, 0.6) is 0 Å². The molecule has 1 amide bonds. The van der Waals surface area contributed by atoms with Crippen LogP contribution in [0.1, 0.15) is 29.0 Å². The molecule has 0 saturated carbocycles. The van der Waals surface area contributed by atoms with E-state index in [-0.39, 0.29) is 17.7 Å². The molecule has 4 heterocycles. The molecule has 1 aromatic heterocycles. The second-order valence-electron chi connectivity index (χ2n) is 6.90. The first-order valence-corrected chi connectivity index (χ1v) is 11.2. The van der Waals surface area contributed by atoms with Crippen LogP contribution in [0.2, 0.25) is 0 Å². The van der Waals surface area contributed by atoms with Gasteiger partial charge < -0.3 is 14.4 Å². The second kappa shape index (κ2) is 5.87. The Labute approximate surface area is 161 Å². The SMILES string of the molecule is CC1c2cccn2CCN1C(=O)c1ccc2c(c1)SC1=NS(=O)(=O)CCN12. The highest BCUT2D eigenvalue weighted by Gasteiger charge is 2.34. The first kappa shape index (κ1) is 16.9. The van der Waals surface area contributed by atoms with E-state index in [0.717, 1.165) is 22.8 Å². The Hall–Kier alpha value is -2.26. The number of carbonyl (C=O) groups excluding carboxylic acids is 1. The lowest BCUT2D eigenvalue weighted by Gasteiger charge is -2.35. The number of rotatable bonds is 1. The molecule has 1 unspecified atom stereocenters. The van der Waals surface area contributed by atoms with Crippen molar-refractivity contribution in [1.82, 2.24) is 9.47 Å². The number of amidine groups is 1. The largest absolute Gasteiger partial charge is 0.348 e. The number of aromatic nitrogens is 1. The van der Waals surface area contributed by atoms with Crippen molar-refractivity contribution in [2.24, 2.45) is 4.40 Å². The lowest BCUT2D eigenvalue weighted by Crippen LogP contribution is -2.40. The van der Waals surface area contributed by atoms with E-state index in [0.29, 0.717) is 23.8 Å². The topological polar surface area (TPSA) is 75.0 Å². The van der Waals surface area contributed by atoms with E-state index >= 15 is 0 Å². The Kier molecular flexibility index (Phi) is 3.67. The van der Waals surface area contributed by atoms with Gasteiger partial charge in [0.25, 0.3) is 15.9 Å². The van der Waals surface area contributed by atoms with Crippen molar-refractivity contribution in [1.29, 1.82) is 0 Å². The number of nitrogens with zero attached hydrogens (tertiary/aromatic N) is 4. The van der Waals surface area contributed by atoms with Gasteiger partial charge >= 0.3 is 0 Å². The van der Waals surface area contributed by atoms with E-state index in [2.05, 4.69) is 15.0 Å². The summed E-state index contributed by atoms with van der Waals surface area (Å²) in [7, 11) is -3.38. The first-order chi connectivity index (χ1) is 12.9. The molecule has 1 aromatic carbocycles. The van der Waals surface area contributed by atoms with Gasteiger partial charge in [0.05, 0.1) is 17.5 Å². The van der Waals surface area contributed by atoms with Crippen LogP contribution in [0.4, 0.5) is 5.69 Å². The number of benzene rings is 1. The predicted molar refractivity (Wildman–Crippen MR) is 105 cm³/mol. The summed E-state index contributed by atoms with van der Waals surface area (Å²) in [5.74, 6) is 0.0139. The van der Waals surface area contributed by atoms with E-state index in [1.165, 1.54) is 11.8 Å². The molecular formula is C18H18N4O3S2. The Morgan fingerprint density at radius 2 is 2.07 bits per heavy atom. The molecule has 0 radical (unpaired) electrons. The molecule has 0 saturated heterocycles. The van der Waals surface area contributed by atoms with Crippen molar-refractivity contribution < 1.29 is 13.2 Å². The van der Waals surface area contributed by atoms with Crippen molar-refractivity contribution in [3.63, 3.8) is 0 Å². The summed E-state index contributed by atoms with van der Waals surface area (Å²) < 4.78 is 29.6. The van der Waals surface area contributed by atoms with E-state index in [9.17, 15) is 13.2 Å². The number of fused-ring (bicyclic) bond motifs is 4. The molecule has 7 nitrogen and oxygen atoms in total. The number of anilines is 1. The molecule has 0 N–H and O–H groups in total. The van der Waals surface area contributed by atoms with Gasteiger partial charge in [-0.1, -0.05) is 0 Å². The molecule has 1 atom stereocenters. The number of carbonyl (C=O) groups is 1. The molecule has 140 valence electrons. The smallest absolute Gasteiger partial charge is 0.257 e. The Bertz CT molecular complexity index is 1090. The fourth-order valence-electron chi connectivity index (χ4n) is 3.89. The van der Waals surface area contributed by atoms with Crippen LogP contribution in [0.15, 0.2) is 45.8 Å². The second-order valence-corrected chi connectivity index (χ2v) is 9.66. The van der Waals surface area contributed by atoms with Gasteiger partial charge in [-0.25, -0.2) is 8.42 Å². The zero-order valence-corrected chi connectivity index (χ0v) is 16.3. The fraction of sp³-hybridized carbons (Fsp3) is 0.333. The van der Waals surface area contributed by atoms with Gasteiger partial charge in [0.15, 0.2) is 5.17 Å². The third-order valence-electron chi connectivity index (χ3n) is 5.32. The number of amides is 1. The van der Waals surface area contributed by atoms with Gasteiger partial charge in [-0.3, -0.25) is 4.79 Å². The monoisotopic (exact) mass is 402 g/mol. The maximum atomic E-state index is 13.1. The molecule has 0 fully saturated rings. The third-order valence-corrected chi connectivity index (χ3v) is 7.63. The minimum atomic E-state index is -3.38. The van der Waals surface area contributed by atoms with Crippen molar-refractivity contribution in [2.75, 3.05) is 23.7 Å². The number of hydrogen-bond donors (Lipinski definition) is 0. The van der Waals surface area contributed by atoms with E-state index < -0.39 is 10.0 Å². The zero-order valence-electron chi connectivity index (χ0n) is 14.7. The van der Waals surface area contributed by atoms with E-state index in [4.69, 9.17) is 0 Å². The molecule has 5 rings (SSSR count). The van der Waals surface area contributed by atoms with Crippen LogP contribution in [-0.4, -0.2) is 47.8 Å². The van der Waals surface area contributed by atoms with Gasteiger partial charge in [-0.05, 0) is 49.0 Å². The maximum absolute atomic E-state index is 13.1. The highest BCUT2D eigenvalue weighted by atomic mass is 32.2. The molecule has 3 aliphatic heterocycles. The molecule has 27 heavy (non-hydrogen) atoms. The molecule has 2 aromatic rings. The average Bonchev–Trinajstić information content (AvgIpc) is 3.24. The summed E-state index contributed by atoms with van der Waals surface area (Å²) in [5.41, 5.74) is 2.68. The van der Waals surface area contributed by atoms with Crippen molar-refractivity contribution in [2.45, 2.75) is 24.4 Å². The average molecular weight is 403 g/mol. The molecular weight excluding hydrogens is 384 g/mol. The number of sulfonamides is 1. The van der Waals surface area contributed by atoms with Gasteiger partial charge in [-0.15, -0.1) is 4.40 Å². The Morgan fingerprint density at radius 1 is 1.22 bits per heavy atom. The molecule has 0 aliphatic carbocycles. The Morgan fingerprint density at radius 3 is 2.93 bits per heavy atom. The van der Waals surface area contributed by atoms with Crippen LogP contribution in [0.3, 0.4) is 0 Å². The summed E-state index contributed by atoms with van der Waals surface area (Å²) in [6.07, 6.45) is 2.05. The van der Waals surface area contributed by atoms with Crippen molar-refractivity contribution in [3.8, 4) is 0 Å². The summed E-state index contributed by atoms with van der Waals surface area (Å²) in [4.78, 5) is 17.8. The van der Waals surface area contributed by atoms with Crippen LogP contribution in [0, 0.1) is 0 Å². The Balaban J connectivity index is 1.45. The highest BCUT2D eigenvalue weighted by Crippen LogP contribution is 2.42. The lowest BCUT2D eigenvalue weighted by molar-refractivity contribution is 0.0644.